The lowest BCUT2D eigenvalue weighted by atomic mass is 10.4. The van der Waals surface area contributed by atoms with Gasteiger partial charge in [0, 0.05) is 9.75 Å². The molecule has 3 aromatic rings. The number of fused-ring (bicyclic) bond motifs is 1. The summed E-state index contributed by atoms with van der Waals surface area (Å²) in [7, 11) is 0. The predicted molar refractivity (Wildman–Crippen MR) is 101 cm³/mol. The molecule has 126 valence electrons. The molecule has 0 saturated heterocycles. The Morgan fingerprint density at radius 1 is 1.29 bits per heavy atom. The first-order valence-corrected chi connectivity index (χ1v) is 10.0. The van der Waals surface area contributed by atoms with Crippen molar-refractivity contribution in [2.45, 2.75) is 26.5 Å². The third-order valence-corrected chi connectivity index (χ3v) is 6.20. The van der Waals surface area contributed by atoms with Crippen molar-refractivity contribution < 1.29 is 4.79 Å². The van der Waals surface area contributed by atoms with Gasteiger partial charge in [-0.2, -0.15) is 0 Å². The van der Waals surface area contributed by atoms with E-state index in [-0.39, 0.29) is 17.2 Å². The van der Waals surface area contributed by atoms with Crippen molar-refractivity contribution in [3.05, 3.63) is 37.7 Å². The van der Waals surface area contributed by atoms with Crippen LogP contribution in [0.2, 0.25) is 0 Å². The van der Waals surface area contributed by atoms with Crippen molar-refractivity contribution in [1.82, 2.24) is 15.0 Å². The molecule has 3 rings (SSSR count). The molecular formula is C15H16N4O2S3. The second-order valence-electron chi connectivity index (χ2n) is 5.29. The zero-order valence-corrected chi connectivity index (χ0v) is 15.9. The number of rotatable bonds is 5. The van der Waals surface area contributed by atoms with Crippen LogP contribution in [0.15, 0.2) is 10.9 Å². The summed E-state index contributed by atoms with van der Waals surface area (Å²) in [6.45, 7) is 5.84. The minimum Gasteiger partial charge on any atom is -0.309 e. The Labute approximate surface area is 150 Å². The van der Waals surface area contributed by atoms with E-state index in [0.717, 1.165) is 20.3 Å². The maximum Gasteiger partial charge on any atom is 0.259 e. The first-order valence-electron chi connectivity index (χ1n) is 7.23. The minimum absolute atomic E-state index is 0.107. The molecule has 0 aliphatic heterocycles. The first kappa shape index (κ1) is 17.1. The van der Waals surface area contributed by atoms with Crippen molar-refractivity contribution in [1.29, 1.82) is 0 Å². The van der Waals surface area contributed by atoms with Crippen LogP contribution in [-0.2, 0) is 10.5 Å². The molecule has 0 aromatic carbocycles. The van der Waals surface area contributed by atoms with Crippen LogP contribution in [0.25, 0.3) is 10.2 Å². The number of carbonyl (C=O) groups excluding carboxylic acids is 1. The van der Waals surface area contributed by atoms with Crippen LogP contribution in [-0.4, -0.2) is 26.6 Å². The monoisotopic (exact) mass is 380 g/mol. The Hall–Kier alpha value is -1.71. The van der Waals surface area contributed by atoms with Gasteiger partial charge in [0.2, 0.25) is 5.91 Å². The van der Waals surface area contributed by atoms with Gasteiger partial charge in [-0.1, -0.05) is 0 Å². The predicted octanol–water partition coefficient (Wildman–Crippen LogP) is 3.24. The van der Waals surface area contributed by atoms with E-state index < -0.39 is 0 Å². The molecule has 24 heavy (non-hydrogen) atoms. The molecule has 0 bridgehead atoms. The number of carbonyl (C=O) groups is 1. The van der Waals surface area contributed by atoms with Crippen molar-refractivity contribution in [2.75, 3.05) is 11.1 Å². The lowest BCUT2D eigenvalue weighted by Crippen LogP contribution is -2.15. The molecule has 0 fully saturated rings. The minimum atomic E-state index is -0.127. The summed E-state index contributed by atoms with van der Waals surface area (Å²) in [5.41, 5.74) is 0.808. The fourth-order valence-electron chi connectivity index (χ4n) is 2.09. The number of aromatic amines is 1. The molecule has 6 nitrogen and oxygen atoms in total. The lowest BCUT2D eigenvalue weighted by Gasteiger charge is -2.02. The lowest BCUT2D eigenvalue weighted by molar-refractivity contribution is -0.113. The molecule has 0 saturated carbocycles. The highest BCUT2D eigenvalue weighted by molar-refractivity contribution is 7.99. The number of amides is 1. The highest BCUT2D eigenvalue weighted by Gasteiger charge is 2.10. The summed E-state index contributed by atoms with van der Waals surface area (Å²) < 4.78 is 0. The molecule has 0 radical (unpaired) electrons. The van der Waals surface area contributed by atoms with Gasteiger partial charge in [-0.15, -0.1) is 34.4 Å². The van der Waals surface area contributed by atoms with E-state index in [9.17, 15) is 9.59 Å². The van der Waals surface area contributed by atoms with Gasteiger partial charge in [0.15, 0.2) is 5.13 Å². The standard InChI is InChI=1S/C15H16N4O2S3/c1-7-4-10-13(21)17-11(18-14(10)23-7)5-22-6-12(20)19-15-16-8(2)9(3)24-15/h4H,5-6H2,1-3H3,(H,16,19,20)(H,17,18,21). The normalized spacial score (nSPS) is 11.1. The molecule has 9 heteroatoms. The Kier molecular flexibility index (Phi) is 5.02. The Morgan fingerprint density at radius 3 is 2.79 bits per heavy atom. The van der Waals surface area contributed by atoms with Crippen molar-refractivity contribution in [2.24, 2.45) is 0 Å². The largest absolute Gasteiger partial charge is 0.309 e. The molecule has 0 aliphatic carbocycles. The van der Waals surface area contributed by atoms with Gasteiger partial charge < -0.3 is 10.3 Å². The van der Waals surface area contributed by atoms with Crippen LogP contribution < -0.4 is 10.9 Å². The topological polar surface area (TPSA) is 87.7 Å². The van der Waals surface area contributed by atoms with Crippen molar-refractivity contribution in [3.63, 3.8) is 0 Å². The molecule has 2 N–H and O–H groups in total. The fourth-order valence-corrected chi connectivity index (χ4v) is 4.51. The molecule has 3 heterocycles. The second kappa shape index (κ2) is 7.04. The number of thiazole rings is 1. The van der Waals surface area contributed by atoms with Crippen LogP contribution in [0, 0.1) is 20.8 Å². The molecule has 0 aliphatic rings. The number of aryl methyl sites for hydroxylation is 3. The highest BCUT2D eigenvalue weighted by Crippen LogP contribution is 2.22. The number of thiophene rings is 1. The van der Waals surface area contributed by atoms with E-state index in [2.05, 4.69) is 20.3 Å². The third kappa shape index (κ3) is 3.85. The van der Waals surface area contributed by atoms with E-state index >= 15 is 0 Å². The molecule has 0 spiro atoms. The number of nitrogens with one attached hydrogen (secondary N) is 2. The van der Waals surface area contributed by atoms with E-state index in [1.165, 1.54) is 34.4 Å². The Balaban J connectivity index is 1.58. The summed E-state index contributed by atoms with van der Waals surface area (Å²) in [4.78, 5) is 38.4. The summed E-state index contributed by atoms with van der Waals surface area (Å²) >= 11 is 4.37. The van der Waals surface area contributed by atoms with E-state index in [0.29, 0.717) is 22.1 Å². The zero-order chi connectivity index (χ0) is 17.3. The van der Waals surface area contributed by atoms with E-state index in [1.807, 2.05) is 26.8 Å². The SMILES string of the molecule is Cc1cc2c(=O)[nH]c(CSCC(=O)Nc3nc(C)c(C)s3)nc2s1. The maximum absolute atomic E-state index is 12.0. The maximum atomic E-state index is 12.0. The smallest absolute Gasteiger partial charge is 0.259 e. The Bertz CT molecular complexity index is 938. The van der Waals surface area contributed by atoms with Crippen LogP contribution >= 0.6 is 34.4 Å². The first-order chi connectivity index (χ1) is 11.4. The van der Waals surface area contributed by atoms with E-state index in [4.69, 9.17) is 0 Å². The summed E-state index contributed by atoms with van der Waals surface area (Å²) in [5, 5.41) is 4.04. The van der Waals surface area contributed by atoms with Gasteiger partial charge in [0.25, 0.3) is 5.56 Å². The van der Waals surface area contributed by atoms with Crippen molar-refractivity contribution >= 4 is 55.7 Å². The number of hydrogen-bond acceptors (Lipinski definition) is 7. The number of nitrogens with zero attached hydrogens (tertiary/aromatic N) is 2. The summed E-state index contributed by atoms with van der Waals surface area (Å²) in [6.07, 6.45) is 0. The van der Waals surface area contributed by atoms with E-state index in [1.54, 1.807) is 0 Å². The van der Waals surface area contributed by atoms with Gasteiger partial charge in [-0.3, -0.25) is 9.59 Å². The van der Waals surface area contributed by atoms with Gasteiger partial charge in [-0.05, 0) is 26.8 Å². The molecule has 3 aromatic heterocycles. The molecule has 0 unspecified atom stereocenters. The van der Waals surface area contributed by atoms with Crippen LogP contribution in [0.5, 0.6) is 0 Å². The summed E-state index contributed by atoms with van der Waals surface area (Å²) in [5.74, 6) is 1.24. The highest BCUT2D eigenvalue weighted by atomic mass is 32.2. The van der Waals surface area contributed by atoms with Crippen LogP contribution in [0.1, 0.15) is 21.3 Å². The second-order valence-corrected chi connectivity index (χ2v) is 8.71. The fraction of sp³-hybridized carbons (Fsp3) is 0.333. The van der Waals surface area contributed by atoms with Gasteiger partial charge in [-0.25, -0.2) is 9.97 Å². The van der Waals surface area contributed by atoms with Crippen LogP contribution in [0.4, 0.5) is 5.13 Å². The molecule has 0 atom stereocenters. The summed E-state index contributed by atoms with van der Waals surface area (Å²) in [6, 6.07) is 1.84. The number of hydrogen-bond donors (Lipinski definition) is 2. The number of anilines is 1. The van der Waals surface area contributed by atoms with Gasteiger partial charge in [0.1, 0.15) is 10.7 Å². The Morgan fingerprint density at radius 2 is 2.08 bits per heavy atom. The number of thioether (sulfide) groups is 1. The average molecular weight is 381 g/mol. The molecule has 1 amide bonds. The van der Waals surface area contributed by atoms with Gasteiger partial charge in [0.05, 0.1) is 22.6 Å². The average Bonchev–Trinajstić information content (AvgIpc) is 3.01. The third-order valence-electron chi connectivity index (χ3n) is 3.32. The molecular weight excluding hydrogens is 364 g/mol. The number of aromatic nitrogens is 3. The van der Waals surface area contributed by atoms with Crippen molar-refractivity contribution in [3.8, 4) is 0 Å². The zero-order valence-electron chi connectivity index (χ0n) is 13.4. The quantitative estimate of drug-likeness (QED) is 0.709. The number of H-pyrrole nitrogens is 1. The van der Waals surface area contributed by atoms with Gasteiger partial charge >= 0.3 is 0 Å². The van der Waals surface area contributed by atoms with Crippen LogP contribution in [0.3, 0.4) is 0 Å².